The lowest BCUT2D eigenvalue weighted by Gasteiger charge is -2.19. The fourth-order valence-electron chi connectivity index (χ4n) is 5.17. The molecule has 1 atom stereocenters. The highest BCUT2D eigenvalue weighted by atomic mass is 79.9. The van der Waals surface area contributed by atoms with E-state index in [1.165, 1.54) is 12.3 Å². The summed E-state index contributed by atoms with van der Waals surface area (Å²) in [5, 5.41) is 5.63. The Morgan fingerprint density at radius 3 is 2.27 bits per heavy atom. The maximum atomic E-state index is 12.6. The van der Waals surface area contributed by atoms with Gasteiger partial charge in [-0.05, 0) is 69.9 Å². The van der Waals surface area contributed by atoms with Crippen molar-refractivity contribution in [1.82, 2.24) is 10.3 Å². The minimum absolute atomic E-state index is 0.110. The average Bonchev–Trinajstić information content (AvgIpc) is 3.68. The van der Waals surface area contributed by atoms with E-state index in [-0.39, 0.29) is 29.5 Å². The maximum absolute atomic E-state index is 12.6. The minimum Gasteiger partial charge on any atom is -0.457 e. The molecule has 0 aliphatic carbocycles. The van der Waals surface area contributed by atoms with E-state index in [4.69, 9.17) is 4.74 Å². The monoisotopic (exact) mass is 742 g/mol. The number of hydrogen-bond acceptors (Lipinski definition) is 7. The van der Waals surface area contributed by atoms with Crippen LogP contribution in [0.1, 0.15) is 23.1 Å². The van der Waals surface area contributed by atoms with Crippen LogP contribution >= 0.6 is 15.9 Å². The second kappa shape index (κ2) is 14.6. The number of nitrogens with zero attached hydrogens (tertiary/aromatic N) is 2. The number of nitrogens with one attached hydrogen (secondary N) is 2. The highest BCUT2D eigenvalue weighted by Crippen LogP contribution is 2.33. The van der Waals surface area contributed by atoms with E-state index in [1.54, 1.807) is 30.3 Å². The van der Waals surface area contributed by atoms with Gasteiger partial charge in [-0.25, -0.2) is 23.0 Å². The van der Waals surface area contributed by atoms with Crippen LogP contribution in [0.15, 0.2) is 107 Å². The fourth-order valence-corrected chi connectivity index (χ4v) is 6.18. The van der Waals surface area contributed by atoms with E-state index in [2.05, 4.69) is 31.5 Å². The van der Waals surface area contributed by atoms with Gasteiger partial charge in [0.05, 0.1) is 21.7 Å². The Morgan fingerprint density at radius 2 is 1.65 bits per heavy atom. The van der Waals surface area contributed by atoms with Crippen molar-refractivity contribution in [2.24, 2.45) is 0 Å². The van der Waals surface area contributed by atoms with Gasteiger partial charge >= 0.3 is 18.2 Å². The van der Waals surface area contributed by atoms with Crippen molar-refractivity contribution in [3.8, 4) is 0 Å². The molecular weight excluding hydrogens is 713 g/mol. The average molecular weight is 744 g/mol. The van der Waals surface area contributed by atoms with Gasteiger partial charge in [-0.2, -0.15) is 13.2 Å². The summed E-state index contributed by atoms with van der Waals surface area (Å²) in [5.41, 5.74) is 2.78. The molecule has 1 saturated heterocycles. The number of sulfone groups is 1. The molecule has 0 spiro atoms. The first-order chi connectivity index (χ1) is 22.8. The quantitative estimate of drug-likeness (QED) is 0.208. The van der Waals surface area contributed by atoms with E-state index < -0.39 is 21.6 Å². The Bertz CT molecular complexity index is 1920. The first kappa shape index (κ1) is 34.6. The van der Waals surface area contributed by atoms with Crippen LogP contribution in [0.4, 0.5) is 29.5 Å². The molecule has 4 aromatic rings. The predicted molar refractivity (Wildman–Crippen MR) is 180 cm³/mol. The van der Waals surface area contributed by atoms with Crippen LogP contribution in [0, 0.1) is 0 Å². The van der Waals surface area contributed by atoms with Crippen molar-refractivity contribution in [2.75, 3.05) is 36.2 Å². The third-order valence-electron chi connectivity index (χ3n) is 7.59. The Hall–Kier alpha value is -4.69. The summed E-state index contributed by atoms with van der Waals surface area (Å²) < 4.78 is 66.7. The molecule has 2 aliphatic heterocycles. The minimum atomic E-state index is -4.40. The number of para-hydroxylation sites is 1. The van der Waals surface area contributed by atoms with Crippen molar-refractivity contribution in [3.63, 3.8) is 0 Å². The number of anilines is 2. The molecule has 2 N–H and O–H groups in total. The SMILES string of the molecule is CS(=O)(=O)c1ccc(C2=C(c3ccccc3)C(=O)OC2)cc1.O=C(Nc1ccccc1Br)N[C@@H]1CCN(c2ccc(C(F)(F)F)cn2)C1. The predicted octanol–water partition coefficient (Wildman–Crippen LogP) is 6.82. The number of rotatable bonds is 6. The number of cyclic esters (lactones) is 1. The zero-order chi connectivity index (χ0) is 34.5. The van der Waals surface area contributed by atoms with Crippen molar-refractivity contribution in [3.05, 3.63) is 118 Å². The molecule has 48 heavy (non-hydrogen) atoms. The zero-order valence-electron chi connectivity index (χ0n) is 25.5. The number of urea groups is 1. The lowest BCUT2D eigenvalue weighted by molar-refractivity contribution is -0.138. The molecule has 1 fully saturated rings. The van der Waals surface area contributed by atoms with Gasteiger partial charge in [-0.1, -0.05) is 54.6 Å². The number of hydrogen-bond donors (Lipinski definition) is 2. The second-order valence-electron chi connectivity index (χ2n) is 11.0. The van der Waals surface area contributed by atoms with Crippen LogP contribution in [-0.2, 0) is 25.5 Å². The van der Waals surface area contributed by atoms with Crippen LogP contribution in [0.3, 0.4) is 0 Å². The molecule has 3 aromatic carbocycles. The number of benzene rings is 3. The normalized spacial score (nSPS) is 16.2. The summed E-state index contributed by atoms with van der Waals surface area (Å²) in [6.07, 6.45) is -1.72. The van der Waals surface area contributed by atoms with Gasteiger partial charge in [-0.3, -0.25) is 0 Å². The Morgan fingerprint density at radius 1 is 0.958 bits per heavy atom. The Labute approximate surface area is 283 Å². The standard InChI is InChI=1S/C17H16BrF3N4O.C17H14O4S/c18-13-3-1-2-4-14(13)24-16(26)23-12-7-8-25(10-12)15-6-5-11(9-22-15)17(19,20)21;1-22(19,20)14-9-7-12(8-10-14)15-11-21-17(18)16(15)13-5-3-2-4-6-13/h1-6,9,12H,7-8,10H2,(H2,23,24,26);2-10H,11H2,1H3/t12-;/m1./s1. The van der Waals surface area contributed by atoms with Crippen LogP contribution in [-0.4, -0.2) is 57.4 Å². The fraction of sp³-hybridized carbons (Fsp3) is 0.206. The van der Waals surface area contributed by atoms with E-state index in [9.17, 15) is 31.2 Å². The smallest absolute Gasteiger partial charge is 0.417 e. The van der Waals surface area contributed by atoms with Gasteiger partial charge in [0, 0.05) is 41.6 Å². The topological polar surface area (TPSA) is 118 Å². The number of amides is 2. The molecule has 0 bridgehead atoms. The lowest BCUT2D eigenvalue weighted by atomic mass is 9.97. The molecular formula is C34H30BrF3N4O5S. The number of pyridine rings is 1. The molecule has 250 valence electrons. The Balaban J connectivity index is 0.000000190. The van der Waals surface area contributed by atoms with Gasteiger partial charge in [0.1, 0.15) is 12.4 Å². The molecule has 3 heterocycles. The summed E-state index contributed by atoms with van der Waals surface area (Å²) in [7, 11) is -3.23. The highest BCUT2D eigenvalue weighted by Gasteiger charge is 2.32. The van der Waals surface area contributed by atoms with E-state index in [0.29, 0.717) is 36.6 Å². The van der Waals surface area contributed by atoms with Crippen LogP contribution < -0.4 is 15.5 Å². The van der Waals surface area contributed by atoms with Gasteiger partial charge in [0.2, 0.25) is 0 Å². The number of carbonyl (C=O) groups is 2. The molecule has 0 unspecified atom stereocenters. The molecule has 9 nitrogen and oxygen atoms in total. The number of carbonyl (C=O) groups excluding carboxylic acids is 2. The van der Waals surface area contributed by atoms with Crippen molar-refractivity contribution < 1.29 is 35.9 Å². The van der Waals surface area contributed by atoms with E-state index in [0.717, 1.165) is 33.4 Å². The van der Waals surface area contributed by atoms with Gasteiger partial charge in [0.15, 0.2) is 9.84 Å². The number of alkyl halides is 3. The molecule has 6 rings (SSSR count). The second-order valence-corrected chi connectivity index (χ2v) is 13.9. The van der Waals surface area contributed by atoms with Crippen LogP contribution in [0.25, 0.3) is 11.1 Å². The van der Waals surface area contributed by atoms with Gasteiger partial charge < -0.3 is 20.3 Å². The lowest BCUT2D eigenvalue weighted by Crippen LogP contribution is -2.39. The molecule has 14 heteroatoms. The maximum Gasteiger partial charge on any atom is 0.417 e. The third-order valence-corrected chi connectivity index (χ3v) is 9.41. The summed E-state index contributed by atoms with van der Waals surface area (Å²) in [5.74, 6) is 0.113. The molecule has 1 aromatic heterocycles. The van der Waals surface area contributed by atoms with Crippen molar-refractivity contribution in [2.45, 2.75) is 23.5 Å². The third kappa shape index (κ3) is 8.61. The molecule has 0 saturated carbocycles. The highest BCUT2D eigenvalue weighted by molar-refractivity contribution is 9.10. The van der Waals surface area contributed by atoms with Crippen LogP contribution in [0.2, 0.25) is 0 Å². The summed E-state index contributed by atoms with van der Waals surface area (Å²) in [4.78, 5) is 30.1. The number of halogens is 4. The van der Waals surface area contributed by atoms with Crippen LogP contribution in [0.5, 0.6) is 0 Å². The zero-order valence-corrected chi connectivity index (χ0v) is 27.9. The van der Waals surface area contributed by atoms with Gasteiger partial charge in [0.25, 0.3) is 0 Å². The van der Waals surface area contributed by atoms with Crippen molar-refractivity contribution in [1.29, 1.82) is 0 Å². The molecule has 2 amide bonds. The number of aromatic nitrogens is 1. The van der Waals surface area contributed by atoms with Crippen molar-refractivity contribution >= 4 is 60.4 Å². The van der Waals surface area contributed by atoms with E-state index in [1.807, 2.05) is 53.4 Å². The number of ether oxygens (including phenoxy) is 1. The summed E-state index contributed by atoms with van der Waals surface area (Å²) >= 11 is 3.36. The summed E-state index contributed by atoms with van der Waals surface area (Å²) in [6, 6.07) is 25.0. The molecule has 0 radical (unpaired) electrons. The number of esters is 1. The molecule has 2 aliphatic rings. The van der Waals surface area contributed by atoms with Gasteiger partial charge in [-0.15, -0.1) is 0 Å². The summed E-state index contributed by atoms with van der Waals surface area (Å²) in [6.45, 7) is 1.29. The van der Waals surface area contributed by atoms with E-state index >= 15 is 0 Å². The Kier molecular flexibility index (Phi) is 10.5. The first-order valence-corrected chi connectivity index (χ1v) is 17.3. The first-order valence-electron chi connectivity index (χ1n) is 14.7. The largest absolute Gasteiger partial charge is 0.457 e.